The van der Waals surface area contributed by atoms with Gasteiger partial charge in [-0.1, -0.05) is 110 Å². The van der Waals surface area contributed by atoms with Gasteiger partial charge in [0, 0.05) is 0 Å². The maximum atomic E-state index is 14.3. The molecule has 2 atom stereocenters. The molecule has 2 unspecified atom stereocenters. The van der Waals surface area contributed by atoms with Crippen LogP contribution in [0.15, 0.2) is 96.6 Å². The highest BCUT2D eigenvalue weighted by molar-refractivity contribution is 5.90. The molecule has 2 aromatic carbocycles. The lowest BCUT2D eigenvalue weighted by molar-refractivity contribution is 0.0308. The first-order valence-electron chi connectivity index (χ1n) is 15.6. The van der Waals surface area contributed by atoms with Crippen molar-refractivity contribution in [2.75, 3.05) is 0 Å². The van der Waals surface area contributed by atoms with Crippen LogP contribution >= 0.6 is 0 Å². The zero-order chi connectivity index (χ0) is 31.9. The average molecular weight is 649 g/mol. The van der Waals surface area contributed by atoms with E-state index in [9.17, 15) is 18.4 Å². The van der Waals surface area contributed by atoms with Crippen molar-refractivity contribution in [3.05, 3.63) is 108 Å². The molecular formula is C38H58F2O6. The van der Waals surface area contributed by atoms with Crippen molar-refractivity contribution in [2.45, 2.75) is 112 Å². The summed E-state index contributed by atoms with van der Waals surface area (Å²) in [6.45, 7) is 10.2. The Bertz CT molecular complexity index is 1130. The molecule has 0 saturated heterocycles. The summed E-state index contributed by atoms with van der Waals surface area (Å²) in [5.74, 6) is -1.33. The molecule has 0 aliphatic rings. The number of hydrogen-bond acceptors (Lipinski definition) is 4. The number of rotatable bonds is 17. The first kappa shape index (κ1) is 46.8. The number of carbonyl (C=O) groups excluding carboxylic acids is 2. The van der Waals surface area contributed by atoms with Crippen LogP contribution in [0.1, 0.15) is 121 Å². The molecule has 2 rings (SSSR count). The van der Waals surface area contributed by atoms with E-state index in [2.05, 4.69) is 6.92 Å². The normalized spacial score (nSPS) is 12.4. The molecule has 260 valence electrons. The number of ether oxygens (including phenoxy) is 2. The Balaban J connectivity index is -0.000000755. The Morgan fingerprint density at radius 3 is 1.72 bits per heavy atom. The van der Waals surface area contributed by atoms with Crippen molar-refractivity contribution in [1.82, 2.24) is 0 Å². The van der Waals surface area contributed by atoms with E-state index in [1.54, 1.807) is 60.7 Å². The minimum absolute atomic E-state index is 0. The molecule has 0 radical (unpaired) electrons. The molecule has 0 bridgehead atoms. The second-order valence-corrected chi connectivity index (χ2v) is 10.8. The number of hydrogen-bond donors (Lipinski definition) is 0. The maximum absolute atomic E-state index is 14.3. The summed E-state index contributed by atoms with van der Waals surface area (Å²) in [6, 6.07) is 17.4. The van der Waals surface area contributed by atoms with Crippen LogP contribution in [0.5, 0.6) is 0 Å². The van der Waals surface area contributed by atoms with Crippen LogP contribution < -0.4 is 0 Å². The van der Waals surface area contributed by atoms with Gasteiger partial charge in [0.15, 0.2) is 12.2 Å². The third-order valence-corrected chi connectivity index (χ3v) is 6.33. The molecule has 0 amide bonds. The van der Waals surface area contributed by atoms with Crippen LogP contribution in [0.25, 0.3) is 0 Å². The van der Waals surface area contributed by atoms with E-state index in [0.717, 1.165) is 38.5 Å². The molecule has 0 saturated carbocycles. The van der Waals surface area contributed by atoms with Crippen molar-refractivity contribution in [3.63, 3.8) is 0 Å². The fraction of sp³-hybridized carbons (Fsp3) is 0.474. The van der Waals surface area contributed by atoms with Gasteiger partial charge in [-0.3, -0.25) is 0 Å². The van der Waals surface area contributed by atoms with Gasteiger partial charge in [0.05, 0.1) is 11.1 Å². The van der Waals surface area contributed by atoms with Crippen molar-refractivity contribution in [1.29, 1.82) is 0 Å². The van der Waals surface area contributed by atoms with E-state index in [1.807, 2.05) is 45.9 Å². The zero-order valence-electron chi connectivity index (χ0n) is 27.6. The Morgan fingerprint density at radius 1 is 0.717 bits per heavy atom. The summed E-state index contributed by atoms with van der Waals surface area (Å²) in [6.07, 6.45) is 12.2. The number of benzene rings is 2. The Kier molecular flexibility index (Phi) is 29.3. The quantitative estimate of drug-likeness (QED) is 0.0964. The van der Waals surface area contributed by atoms with Crippen LogP contribution in [-0.4, -0.2) is 35.1 Å². The SMILES string of the molecule is C.CCC/C=C\C(OC(=O)c1ccccc1)/C(F)=C\CCC.CCCCCC(OC(=O)c1ccccc1)/C(F)=C\CC(C)C.O.O. The Labute approximate surface area is 276 Å². The van der Waals surface area contributed by atoms with E-state index in [0.29, 0.717) is 36.3 Å². The molecule has 0 spiro atoms. The monoisotopic (exact) mass is 648 g/mol. The maximum Gasteiger partial charge on any atom is 0.339 e. The van der Waals surface area contributed by atoms with E-state index < -0.39 is 30.0 Å². The fourth-order valence-electron chi connectivity index (χ4n) is 3.81. The highest BCUT2D eigenvalue weighted by Gasteiger charge is 2.20. The van der Waals surface area contributed by atoms with Crippen LogP contribution in [-0.2, 0) is 9.47 Å². The minimum atomic E-state index is -0.934. The predicted octanol–water partition coefficient (Wildman–Crippen LogP) is 9.90. The van der Waals surface area contributed by atoms with Crippen molar-refractivity contribution in [2.24, 2.45) is 5.92 Å². The lowest BCUT2D eigenvalue weighted by Gasteiger charge is -2.17. The third-order valence-electron chi connectivity index (χ3n) is 6.33. The van der Waals surface area contributed by atoms with Crippen LogP contribution in [0.4, 0.5) is 8.78 Å². The Hall–Kier alpha value is -3.62. The van der Waals surface area contributed by atoms with Crippen LogP contribution in [0.2, 0.25) is 0 Å². The molecule has 0 aromatic heterocycles. The van der Waals surface area contributed by atoms with Crippen LogP contribution in [0, 0.1) is 5.92 Å². The summed E-state index contributed by atoms with van der Waals surface area (Å²) in [4.78, 5) is 24.1. The minimum Gasteiger partial charge on any atom is -0.451 e. The van der Waals surface area contributed by atoms with Gasteiger partial charge in [-0.15, -0.1) is 0 Å². The molecule has 0 aliphatic carbocycles. The van der Waals surface area contributed by atoms with Crippen molar-refractivity contribution < 1.29 is 38.8 Å². The lowest BCUT2D eigenvalue weighted by Crippen LogP contribution is -2.19. The highest BCUT2D eigenvalue weighted by atomic mass is 19.1. The number of carbonyl (C=O) groups is 2. The molecule has 46 heavy (non-hydrogen) atoms. The molecule has 4 N–H and O–H groups in total. The van der Waals surface area contributed by atoms with Gasteiger partial charge < -0.3 is 20.4 Å². The third kappa shape index (κ3) is 20.4. The van der Waals surface area contributed by atoms with E-state index >= 15 is 0 Å². The lowest BCUT2D eigenvalue weighted by atomic mass is 10.1. The van der Waals surface area contributed by atoms with Gasteiger partial charge in [0.25, 0.3) is 0 Å². The highest BCUT2D eigenvalue weighted by Crippen LogP contribution is 2.20. The van der Waals surface area contributed by atoms with Crippen molar-refractivity contribution >= 4 is 11.9 Å². The predicted molar refractivity (Wildman–Crippen MR) is 186 cm³/mol. The molecule has 8 heteroatoms. The number of halogens is 2. The summed E-state index contributed by atoms with van der Waals surface area (Å²) in [5.41, 5.74) is 0.884. The van der Waals surface area contributed by atoms with Gasteiger partial charge in [0.2, 0.25) is 0 Å². The van der Waals surface area contributed by atoms with E-state index in [4.69, 9.17) is 9.47 Å². The van der Waals surface area contributed by atoms with Crippen molar-refractivity contribution in [3.8, 4) is 0 Å². The van der Waals surface area contributed by atoms with Gasteiger partial charge in [-0.2, -0.15) is 0 Å². The fourth-order valence-corrected chi connectivity index (χ4v) is 3.81. The summed E-state index contributed by atoms with van der Waals surface area (Å²) in [5, 5.41) is 0. The number of allylic oxidation sites excluding steroid dienone is 3. The standard InChI is InChI=1S/C19H27FO2.C18H23FO2.CH4.2H2O/c1-4-5-7-12-18(17(20)14-13-15(2)3)22-19(21)16-10-8-6-9-11-16;1-3-5-8-14-17(16(19)13-6-4-2)21-18(20)15-11-9-7-10-12-15;;;/h6,8-11,14-15,18H,4-5,7,12-13H2,1-3H3;7-14,17H,3-6H2,1-2H3;1H4;2*1H2/b17-14+;14-8-,16-13+;;;. The average Bonchev–Trinajstić information content (AvgIpc) is 3.02. The van der Waals surface area contributed by atoms with Crippen LogP contribution in [0.3, 0.4) is 0 Å². The second-order valence-electron chi connectivity index (χ2n) is 10.8. The van der Waals surface area contributed by atoms with Gasteiger partial charge in [-0.25, -0.2) is 18.4 Å². The largest absolute Gasteiger partial charge is 0.451 e. The van der Waals surface area contributed by atoms with E-state index in [-0.39, 0.29) is 24.2 Å². The summed E-state index contributed by atoms with van der Waals surface area (Å²) < 4.78 is 39.1. The molecule has 6 nitrogen and oxygen atoms in total. The summed E-state index contributed by atoms with van der Waals surface area (Å²) >= 11 is 0. The first-order valence-corrected chi connectivity index (χ1v) is 15.6. The van der Waals surface area contributed by atoms with Gasteiger partial charge in [0.1, 0.15) is 11.7 Å². The van der Waals surface area contributed by atoms with E-state index in [1.165, 1.54) is 6.08 Å². The van der Waals surface area contributed by atoms with Gasteiger partial charge in [-0.05, 0) is 80.5 Å². The first-order chi connectivity index (χ1) is 20.7. The molecule has 0 fully saturated rings. The number of unbranched alkanes of at least 4 members (excludes halogenated alkanes) is 4. The topological polar surface area (TPSA) is 116 Å². The number of esters is 2. The second kappa shape index (κ2) is 28.8. The molecule has 0 aliphatic heterocycles. The molecule has 2 aromatic rings. The van der Waals surface area contributed by atoms with Gasteiger partial charge >= 0.3 is 11.9 Å². The zero-order valence-corrected chi connectivity index (χ0v) is 27.6. The summed E-state index contributed by atoms with van der Waals surface area (Å²) in [7, 11) is 0. The smallest absolute Gasteiger partial charge is 0.339 e. The Morgan fingerprint density at radius 2 is 1.24 bits per heavy atom. The molecule has 0 heterocycles. The molecular weight excluding hydrogens is 590 g/mol.